The molecule has 39 heavy (non-hydrogen) atoms. The number of pyridine rings is 1. The Labute approximate surface area is 224 Å². The van der Waals surface area contributed by atoms with Crippen LogP contribution in [-0.4, -0.2) is 35.5 Å². The van der Waals surface area contributed by atoms with Crippen molar-refractivity contribution in [2.75, 3.05) is 20.2 Å². The number of ether oxygens (including phenoxy) is 1. The van der Waals surface area contributed by atoms with Crippen molar-refractivity contribution >= 4 is 5.84 Å². The van der Waals surface area contributed by atoms with E-state index in [1.54, 1.807) is 24.5 Å². The van der Waals surface area contributed by atoms with Crippen LogP contribution in [0.15, 0.2) is 76.5 Å². The van der Waals surface area contributed by atoms with E-state index in [9.17, 15) is 13.6 Å². The summed E-state index contributed by atoms with van der Waals surface area (Å²) in [6.45, 7) is 4.63. The Morgan fingerprint density at radius 3 is 2.23 bits per heavy atom. The molecular formula is C31H28F3N3O2. The van der Waals surface area contributed by atoms with Gasteiger partial charge in [0.15, 0.2) is 17.0 Å². The van der Waals surface area contributed by atoms with Gasteiger partial charge in [-0.3, -0.25) is 9.79 Å². The smallest absolute Gasteiger partial charge is 0.195 e. The Bertz CT molecular complexity index is 1610. The summed E-state index contributed by atoms with van der Waals surface area (Å²) in [6, 6.07) is 18.0. The van der Waals surface area contributed by atoms with Gasteiger partial charge < -0.3 is 14.2 Å². The van der Waals surface area contributed by atoms with E-state index in [4.69, 9.17) is 4.74 Å². The van der Waals surface area contributed by atoms with Crippen LogP contribution in [0.4, 0.5) is 13.2 Å². The minimum atomic E-state index is -0.693. The molecule has 200 valence electrons. The van der Waals surface area contributed by atoms with Crippen molar-refractivity contribution in [3.8, 4) is 16.9 Å². The first-order valence-corrected chi connectivity index (χ1v) is 12.6. The molecule has 0 aliphatic carbocycles. The fourth-order valence-corrected chi connectivity index (χ4v) is 5.16. The number of halogens is 3. The average molecular weight is 532 g/mol. The molecule has 1 aliphatic heterocycles. The summed E-state index contributed by atoms with van der Waals surface area (Å²) in [5.41, 5.74) is 1.98. The van der Waals surface area contributed by atoms with E-state index in [0.29, 0.717) is 30.0 Å². The largest absolute Gasteiger partial charge is 0.494 e. The van der Waals surface area contributed by atoms with Crippen molar-refractivity contribution in [3.63, 3.8) is 0 Å². The normalized spacial score (nSPS) is 13.1. The van der Waals surface area contributed by atoms with Gasteiger partial charge in [-0.2, -0.15) is 0 Å². The van der Waals surface area contributed by atoms with E-state index >= 15 is 4.39 Å². The molecule has 0 amide bonds. The van der Waals surface area contributed by atoms with Crippen molar-refractivity contribution in [1.82, 2.24) is 9.47 Å². The number of nitrogens with zero attached hydrogens (tertiary/aromatic N) is 3. The quantitative estimate of drug-likeness (QED) is 0.300. The van der Waals surface area contributed by atoms with Gasteiger partial charge in [0.2, 0.25) is 0 Å². The van der Waals surface area contributed by atoms with E-state index in [2.05, 4.69) is 4.99 Å². The molecule has 2 heterocycles. The van der Waals surface area contributed by atoms with Crippen LogP contribution in [0.3, 0.4) is 0 Å². The van der Waals surface area contributed by atoms with Crippen molar-refractivity contribution in [1.29, 1.82) is 0 Å². The second kappa shape index (κ2) is 10.8. The molecule has 0 radical (unpaired) electrons. The maximum atomic E-state index is 15.5. The molecule has 5 rings (SSSR count). The molecular weight excluding hydrogens is 503 g/mol. The molecule has 0 N–H and O–H groups in total. The number of rotatable bonds is 7. The Kier molecular flexibility index (Phi) is 7.28. The van der Waals surface area contributed by atoms with Crippen molar-refractivity contribution in [3.05, 3.63) is 122 Å². The molecule has 1 aromatic heterocycles. The number of benzene rings is 3. The molecule has 0 atom stereocenters. The fourth-order valence-electron chi connectivity index (χ4n) is 5.16. The second-order valence-corrected chi connectivity index (χ2v) is 9.45. The lowest BCUT2D eigenvalue weighted by Gasteiger charge is -2.26. The second-order valence-electron chi connectivity index (χ2n) is 9.45. The van der Waals surface area contributed by atoms with Crippen molar-refractivity contribution in [2.24, 2.45) is 4.99 Å². The zero-order valence-electron chi connectivity index (χ0n) is 22.0. The van der Waals surface area contributed by atoms with Gasteiger partial charge in [0.25, 0.3) is 0 Å². The number of aromatic nitrogens is 1. The predicted molar refractivity (Wildman–Crippen MR) is 146 cm³/mol. The molecule has 0 fully saturated rings. The van der Waals surface area contributed by atoms with Gasteiger partial charge in [-0.1, -0.05) is 48.5 Å². The molecule has 3 aromatic carbocycles. The molecule has 0 unspecified atom stereocenters. The summed E-state index contributed by atoms with van der Waals surface area (Å²) in [4.78, 5) is 20.8. The number of hydrogen-bond acceptors (Lipinski definition) is 4. The summed E-state index contributed by atoms with van der Waals surface area (Å²) in [5, 5.41) is 0. The van der Waals surface area contributed by atoms with Gasteiger partial charge in [-0.25, -0.2) is 13.2 Å². The molecule has 0 bridgehead atoms. The zero-order chi connectivity index (χ0) is 27.7. The number of hydrogen-bond donors (Lipinski definition) is 0. The molecule has 0 saturated carbocycles. The van der Waals surface area contributed by atoms with Crippen LogP contribution in [0.1, 0.15) is 28.1 Å². The maximum Gasteiger partial charge on any atom is 0.195 e. The summed E-state index contributed by atoms with van der Waals surface area (Å²) in [7, 11) is 1.35. The van der Waals surface area contributed by atoms with Crippen LogP contribution >= 0.6 is 0 Å². The number of aliphatic imine (C=N–C) groups is 1. The van der Waals surface area contributed by atoms with E-state index < -0.39 is 17.5 Å². The highest BCUT2D eigenvalue weighted by molar-refractivity contribution is 5.99. The van der Waals surface area contributed by atoms with Gasteiger partial charge >= 0.3 is 0 Å². The summed E-state index contributed by atoms with van der Waals surface area (Å²) >= 11 is 0. The van der Waals surface area contributed by atoms with Crippen molar-refractivity contribution in [2.45, 2.75) is 26.9 Å². The van der Waals surface area contributed by atoms with Gasteiger partial charge in [0, 0.05) is 40.2 Å². The molecule has 1 aliphatic rings. The van der Waals surface area contributed by atoms with E-state index in [1.807, 2.05) is 35.2 Å². The first-order chi connectivity index (χ1) is 18.8. The lowest BCUT2D eigenvalue weighted by molar-refractivity contribution is 0.387. The number of amidine groups is 1. The Balaban J connectivity index is 1.70. The van der Waals surface area contributed by atoms with E-state index in [-0.39, 0.29) is 41.0 Å². The first-order valence-electron chi connectivity index (χ1n) is 12.6. The monoisotopic (exact) mass is 531 g/mol. The summed E-state index contributed by atoms with van der Waals surface area (Å²) < 4.78 is 51.8. The third kappa shape index (κ3) is 4.82. The van der Waals surface area contributed by atoms with Gasteiger partial charge in [0.1, 0.15) is 17.5 Å². The lowest BCUT2D eigenvalue weighted by Crippen LogP contribution is -2.33. The third-order valence-corrected chi connectivity index (χ3v) is 7.25. The maximum absolute atomic E-state index is 15.5. The third-order valence-electron chi connectivity index (χ3n) is 7.25. The highest BCUT2D eigenvalue weighted by atomic mass is 19.1. The van der Waals surface area contributed by atoms with Gasteiger partial charge in [0.05, 0.1) is 32.3 Å². The summed E-state index contributed by atoms with van der Waals surface area (Å²) in [5.74, 6) is -1.30. The predicted octanol–water partition coefficient (Wildman–Crippen LogP) is 5.87. The van der Waals surface area contributed by atoms with Crippen LogP contribution in [0.2, 0.25) is 0 Å². The molecule has 5 nitrogen and oxygen atoms in total. The zero-order valence-corrected chi connectivity index (χ0v) is 22.0. The highest BCUT2D eigenvalue weighted by Crippen LogP contribution is 2.31. The molecule has 0 spiro atoms. The van der Waals surface area contributed by atoms with Crippen LogP contribution in [0.5, 0.6) is 5.75 Å². The minimum absolute atomic E-state index is 0.00170. The fraction of sp³-hybridized carbons (Fsp3) is 0.226. The Morgan fingerprint density at radius 2 is 1.54 bits per heavy atom. The minimum Gasteiger partial charge on any atom is -0.494 e. The highest BCUT2D eigenvalue weighted by Gasteiger charge is 2.26. The first kappa shape index (κ1) is 26.3. The Hall–Kier alpha value is -4.33. The van der Waals surface area contributed by atoms with Gasteiger partial charge in [-0.15, -0.1) is 0 Å². The van der Waals surface area contributed by atoms with Crippen LogP contribution in [-0.2, 0) is 13.1 Å². The van der Waals surface area contributed by atoms with E-state index in [0.717, 1.165) is 11.4 Å². The Morgan fingerprint density at radius 1 is 0.846 bits per heavy atom. The van der Waals surface area contributed by atoms with Gasteiger partial charge in [-0.05, 0) is 32.0 Å². The summed E-state index contributed by atoms with van der Waals surface area (Å²) in [6.07, 6.45) is 0. The topological polar surface area (TPSA) is 46.8 Å². The van der Waals surface area contributed by atoms with Crippen LogP contribution in [0.25, 0.3) is 11.1 Å². The van der Waals surface area contributed by atoms with Crippen molar-refractivity contribution < 1.29 is 17.9 Å². The molecule has 8 heteroatoms. The van der Waals surface area contributed by atoms with E-state index in [1.165, 1.54) is 37.4 Å². The van der Waals surface area contributed by atoms with Crippen LogP contribution < -0.4 is 10.2 Å². The molecule has 4 aromatic rings. The standard InChI is InChI=1S/C31H28F3N3O2/c1-19-23(17-36-16-15-35-31(36)21-9-5-4-6-10-21)30(38)28(22-11-7-14-27(39-3)29(22)34)20(2)37(19)18-24-25(32)12-8-13-26(24)33/h4-14H,15-18H2,1-3H3. The average Bonchev–Trinajstić information content (AvgIpc) is 3.40. The van der Waals surface area contributed by atoms with Crippen LogP contribution in [0, 0.1) is 31.3 Å². The molecule has 0 saturated heterocycles. The SMILES string of the molecule is COc1cccc(-c2c(C)n(Cc3c(F)cccc3F)c(C)c(CN3CCN=C3c3ccccc3)c2=O)c1F. The number of methoxy groups -OCH3 is 1. The lowest BCUT2D eigenvalue weighted by atomic mass is 9.97.